The Bertz CT molecular complexity index is 409. The molecule has 1 aliphatic rings. The largest absolute Gasteiger partial charge is 0.448 e. The molecule has 0 aliphatic carbocycles. The number of nitrogens with two attached hydrogens (primary N) is 1. The van der Waals surface area contributed by atoms with E-state index in [9.17, 15) is 9.18 Å². The molecule has 0 bridgehead atoms. The molecular weight excluding hydrogens is 211 g/mol. The molecule has 2 rings (SSSR count). The number of hydrogen-bond acceptors (Lipinski definition) is 3. The number of amides is 1. The quantitative estimate of drug-likeness (QED) is 0.840. The van der Waals surface area contributed by atoms with Gasteiger partial charge in [-0.25, -0.2) is 9.18 Å². The van der Waals surface area contributed by atoms with Gasteiger partial charge in [0.2, 0.25) is 0 Å². The van der Waals surface area contributed by atoms with Crippen LogP contribution in [0.3, 0.4) is 0 Å². The SMILES string of the molecule is NCc1cccc(CN2CCOC2=O)c1F. The Labute approximate surface area is 92.8 Å². The zero-order chi connectivity index (χ0) is 11.5. The van der Waals surface area contributed by atoms with Crippen LogP contribution in [0.4, 0.5) is 9.18 Å². The summed E-state index contributed by atoms with van der Waals surface area (Å²) in [6.45, 7) is 1.27. The van der Waals surface area contributed by atoms with Crippen molar-refractivity contribution in [2.45, 2.75) is 13.1 Å². The summed E-state index contributed by atoms with van der Waals surface area (Å²) in [6, 6.07) is 5.03. The van der Waals surface area contributed by atoms with E-state index in [0.717, 1.165) is 0 Å². The van der Waals surface area contributed by atoms with Crippen molar-refractivity contribution in [3.8, 4) is 0 Å². The Morgan fingerprint density at radius 3 is 2.81 bits per heavy atom. The van der Waals surface area contributed by atoms with Crippen LogP contribution in [0, 0.1) is 5.82 Å². The Morgan fingerprint density at radius 1 is 1.44 bits per heavy atom. The van der Waals surface area contributed by atoms with Gasteiger partial charge >= 0.3 is 6.09 Å². The molecule has 1 aromatic rings. The molecule has 4 nitrogen and oxygen atoms in total. The van der Waals surface area contributed by atoms with E-state index in [-0.39, 0.29) is 18.9 Å². The molecule has 1 amide bonds. The summed E-state index contributed by atoms with van der Waals surface area (Å²) in [5, 5.41) is 0. The second kappa shape index (κ2) is 4.49. The van der Waals surface area contributed by atoms with Crippen molar-refractivity contribution in [3.63, 3.8) is 0 Å². The van der Waals surface area contributed by atoms with Crippen molar-refractivity contribution >= 4 is 6.09 Å². The van der Waals surface area contributed by atoms with Crippen molar-refractivity contribution in [1.82, 2.24) is 4.90 Å². The second-order valence-corrected chi connectivity index (χ2v) is 3.63. The van der Waals surface area contributed by atoms with Crippen LogP contribution in [0.25, 0.3) is 0 Å². The highest BCUT2D eigenvalue weighted by molar-refractivity contribution is 5.69. The summed E-state index contributed by atoms with van der Waals surface area (Å²) >= 11 is 0. The van der Waals surface area contributed by atoms with Crippen LogP contribution < -0.4 is 5.73 Å². The number of rotatable bonds is 3. The standard InChI is InChI=1S/C11H13FN2O2/c12-10-8(6-13)2-1-3-9(10)7-14-4-5-16-11(14)15/h1-3H,4-7,13H2. The molecule has 1 aliphatic heterocycles. The van der Waals surface area contributed by atoms with E-state index in [1.807, 2.05) is 0 Å². The third-order valence-electron chi connectivity index (χ3n) is 2.58. The maximum Gasteiger partial charge on any atom is 0.410 e. The van der Waals surface area contributed by atoms with Crippen LogP contribution in [-0.2, 0) is 17.8 Å². The number of carbonyl (C=O) groups is 1. The Balaban J connectivity index is 2.18. The number of nitrogens with zero attached hydrogens (tertiary/aromatic N) is 1. The molecule has 0 saturated carbocycles. The van der Waals surface area contributed by atoms with Gasteiger partial charge in [-0.1, -0.05) is 18.2 Å². The highest BCUT2D eigenvalue weighted by Crippen LogP contribution is 2.16. The van der Waals surface area contributed by atoms with Crippen LogP contribution >= 0.6 is 0 Å². The molecule has 5 heteroatoms. The molecule has 0 spiro atoms. The van der Waals surface area contributed by atoms with Crippen molar-refractivity contribution in [1.29, 1.82) is 0 Å². The lowest BCUT2D eigenvalue weighted by Crippen LogP contribution is -2.24. The summed E-state index contributed by atoms with van der Waals surface area (Å²) in [5.41, 5.74) is 6.35. The first-order chi connectivity index (χ1) is 7.72. The van der Waals surface area contributed by atoms with Gasteiger partial charge in [-0.05, 0) is 0 Å². The highest BCUT2D eigenvalue weighted by atomic mass is 19.1. The van der Waals surface area contributed by atoms with E-state index >= 15 is 0 Å². The first kappa shape index (κ1) is 10.9. The number of ether oxygens (including phenoxy) is 1. The molecule has 0 atom stereocenters. The van der Waals surface area contributed by atoms with E-state index in [1.54, 1.807) is 18.2 Å². The number of carbonyl (C=O) groups excluding carboxylic acids is 1. The molecule has 1 aromatic carbocycles. The molecule has 0 aromatic heterocycles. The fourth-order valence-corrected chi connectivity index (χ4v) is 1.69. The molecule has 1 fully saturated rings. The van der Waals surface area contributed by atoms with Crippen molar-refractivity contribution in [3.05, 3.63) is 35.1 Å². The second-order valence-electron chi connectivity index (χ2n) is 3.63. The van der Waals surface area contributed by atoms with Crippen LogP contribution in [0.2, 0.25) is 0 Å². The van der Waals surface area contributed by atoms with Gasteiger partial charge in [-0.2, -0.15) is 0 Å². The van der Waals surface area contributed by atoms with Gasteiger partial charge in [-0.3, -0.25) is 0 Å². The first-order valence-corrected chi connectivity index (χ1v) is 5.10. The lowest BCUT2D eigenvalue weighted by atomic mass is 10.1. The summed E-state index contributed by atoms with van der Waals surface area (Å²) in [6.07, 6.45) is -0.391. The van der Waals surface area contributed by atoms with Crippen LogP contribution in [-0.4, -0.2) is 24.1 Å². The summed E-state index contributed by atoms with van der Waals surface area (Å²) < 4.78 is 18.6. The third-order valence-corrected chi connectivity index (χ3v) is 2.58. The van der Waals surface area contributed by atoms with Crippen molar-refractivity contribution < 1.29 is 13.9 Å². The number of halogens is 1. The summed E-state index contributed by atoms with van der Waals surface area (Å²) in [7, 11) is 0. The Hall–Kier alpha value is -1.62. The van der Waals surface area contributed by atoms with E-state index in [2.05, 4.69) is 0 Å². The maximum atomic E-state index is 13.8. The van der Waals surface area contributed by atoms with Crippen LogP contribution in [0.1, 0.15) is 11.1 Å². The number of hydrogen-bond donors (Lipinski definition) is 1. The highest BCUT2D eigenvalue weighted by Gasteiger charge is 2.23. The smallest absolute Gasteiger partial charge is 0.410 e. The first-order valence-electron chi connectivity index (χ1n) is 5.10. The topological polar surface area (TPSA) is 55.6 Å². The Kier molecular flexibility index (Phi) is 3.05. The summed E-state index contributed by atoms with van der Waals surface area (Å²) in [5.74, 6) is -0.329. The minimum atomic E-state index is -0.391. The molecular formula is C11H13FN2O2. The summed E-state index contributed by atoms with van der Waals surface area (Å²) in [4.78, 5) is 12.7. The maximum absolute atomic E-state index is 13.8. The van der Waals surface area contributed by atoms with Crippen LogP contribution in [0.5, 0.6) is 0 Å². The third kappa shape index (κ3) is 1.99. The normalized spacial score (nSPS) is 15.4. The fraction of sp³-hybridized carbons (Fsp3) is 0.364. The van der Waals surface area contributed by atoms with Gasteiger partial charge in [0.15, 0.2) is 0 Å². The van der Waals surface area contributed by atoms with E-state index in [1.165, 1.54) is 4.90 Å². The predicted molar refractivity (Wildman–Crippen MR) is 56.0 cm³/mol. The minimum absolute atomic E-state index is 0.157. The van der Waals surface area contributed by atoms with E-state index in [0.29, 0.717) is 24.3 Å². The van der Waals surface area contributed by atoms with Crippen LogP contribution in [0.15, 0.2) is 18.2 Å². The number of benzene rings is 1. The van der Waals surface area contributed by atoms with E-state index < -0.39 is 6.09 Å². The lowest BCUT2D eigenvalue weighted by molar-refractivity contribution is 0.157. The number of cyclic esters (lactones) is 1. The van der Waals surface area contributed by atoms with E-state index in [4.69, 9.17) is 10.5 Å². The van der Waals surface area contributed by atoms with Gasteiger partial charge in [0.1, 0.15) is 12.4 Å². The fourth-order valence-electron chi connectivity index (χ4n) is 1.69. The monoisotopic (exact) mass is 224 g/mol. The lowest BCUT2D eigenvalue weighted by Gasteiger charge is -2.14. The zero-order valence-corrected chi connectivity index (χ0v) is 8.78. The Morgan fingerprint density at radius 2 is 2.19 bits per heavy atom. The van der Waals surface area contributed by atoms with Gasteiger partial charge in [0, 0.05) is 17.7 Å². The predicted octanol–water partition coefficient (Wildman–Crippen LogP) is 1.24. The zero-order valence-electron chi connectivity index (χ0n) is 8.78. The molecule has 2 N–H and O–H groups in total. The van der Waals surface area contributed by atoms with Crippen molar-refractivity contribution in [2.75, 3.05) is 13.2 Å². The van der Waals surface area contributed by atoms with Gasteiger partial charge < -0.3 is 15.4 Å². The molecule has 0 unspecified atom stereocenters. The molecule has 0 radical (unpaired) electrons. The molecule has 1 saturated heterocycles. The van der Waals surface area contributed by atoms with Gasteiger partial charge in [0.05, 0.1) is 13.1 Å². The van der Waals surface area contributed by atoms with Crippen molar-refractivity contribution in [2.24, 2.45) is 5.73 Å². The average molecular weight is 224 g/mol. The minimum Gasteiger partial charge on any atom is -0.448 e. The molecule has 1 heterocycles. The van der Waals surface area contributed by atoms with Gasteiger partial charge in [-0.15, -0.1) is 0 Å². The average Bonchev–Trinajstić information content (AvgIpc) is 2.68. The molecule has 16 heavy (non-hydrogen) atoms. The molecule has 86 valence electrons. The van der Waals surface area contributed by atoms with Gasteiger partial charge in [0.25, 0.3) is 0 Å².